The molecule has 7 nitrogen and oxygen atoms in total. The minimum absolute atomic E-state index is 0.00657. The number of nitrogens with one attached hydrogen (secondary N) is 2. The first-order valence-electron chi connectivity index (χ1n) is 8.96. The normalized spacial score (nSPS) is 11.2. The zero-order valence-electron chi connectivity index (χ0n) is 15.9. The second-order valence-corrected chi connectivity index (χ2v) is 5.92. The van der Waals surface area contributed by atoms with Gasteiger partial charge in [0.05, 0.1) is 38.3 Å². The van der Waals surface area contributed by atoms with E-state index in [1.165, 1.54) is 7.11 Å². The Morgan fingerprint density at radius 2 is 1.68 bits per heavy atom. The van der Waals surface area contributed by atoms with Crippen molar-refractivity contribution in [1.29, 1.82) is 0 Å². The second kappa shape index (κ2) is 10.7. The van der Waals surface area contributed by atoms with Crippen molar-refractivity contribution in [2.75, 3.05) is 20.3 Å². The highest BCUT2D eigenvalue weighted by Gasteiger charge is 2.19. The molecule has 2 aromatic rings. The molecule has 2 aromatic carbocycles. The lowest BCUT2D eigenvalue weighted by molar-refractivity contribution is -0.141. The molecule has 7 heteroatoms. The number of benzene rings is 2. The highest BCUT2D eigenvalue weighted by Crippen LogP contribution is 2.18. The summed E-state index contributed by atoms with van der Waals surface area (Å²) in [7, 11) is 1.29. The molecular formula is C21H24N2O5. The molecule has 0 aliphatic carbocycles. The number of carbonyl (C=O) groups is 3. The van der Waals surface area contributed by atoms with Crippen molar-refractivity contribution in [2.24, 2.45) is 0 Å². The summed E-state index contributed by atoms with van der Waals surface area (Å²) in [5.74, 6) is -0.817. The fraction of sp³-hybridized carbons (Fsp3) is 0.286. The van der Waals surface area contributed by atoms with Crippen molar-refractivity contribution in [3.8, 4) is 5.75 Å². The Labute approximate surface area is 164 Å². The summed E-state index contributed by atoms with van der Waals surface area (Å²) in [4.78, 5) is 36.4. The summed E-state index contributed by atoms with van der Waals surface area (Å²) in [6.45, 7) is 2.02. The molecule has 2 rings (SSSR count). The van der Waals surface area contributed by atoms with E-state index in [0.717, 1.165) is 5.56 Å². The molecule has 1 atom stereocenters. The van der Waals surface area contributed by atoms with Crippen LogP contribution in [-0.4, -0.2) is 38.0 Å². The topological polar surface area (TPSA) is 93.7 Å². The molecule has 0 radical (unpaired) electrons. The average Bonchev–Trinajstić information content (AvgIpc) is 2.72. The van der Waals surface area contributed by atoms with Crippen molar-refractivity contribution in [3.05, 3.63) is 65.7 Å². The minimum Gasteiger partial charge on any atom is -0.493 e. The van der Waals surface area contributed by atoms with Gasteiger partial charge in [0, 0.05) is 0 Å². The van der Waals surface area contributed by atoms with Crippen LogP contribution in [0.25, 0.3) is 0 Å². The van der Waals surface area contributed by atoms with Crippen LogP contribution >= 0.6 is 0 Å². The molecule has 0 fully saturated rings. The van der Waals surface area contributed by atoms with Gasteiger partial charge in [0.1, 0.15) is 5.75 Å². The lowest BCUT2D eigenvalue weighted by Crippen LogP contribution is -2.39. The lowest BCUT2D eigenvalue weighted by Gasteiger charge is -2.18. The fourth-order valence-electron chi connectivity index (χ4n) is 2.62. The van der Waals surface area contributed by atoms with E-state index in [1.807, 2.05) is 37.3 Å². The number of carbonyl (C=O) groups excluding carboxylic acids is 3. The Kier molecular flexibility index (Phi) is 8.02. The molecule has 0 unspecified atom stereocenters. The van der Waals surface area contributed by atoms with E-state index >= 15 is 0 Å². The third-order valence-corrected chi connectivity index (χ3v) is 3.98. The van der Waals surface area contributed by atoms with Gasteiger partial charge < -0.3 is 20.1 Å². The van der Waals surface area contributed by atoms with Gasteiger partial charge in [-0.05, 0) is 24.6 Å². The van der Waals surface area contributed by atoms with Gasteiger partial charge in [-0.1, -0.05) is 42.5 Å². The van der Waals surface area contributed by atoms with Gasteiger partial charge in [0.2, 0.25) is 5.91 Å². The molecule has 2 N–H and O–H groups in total. The van der Waals surface area contributed by atoms with Crippen molar-refractivity contribution in [3.63, 3.8) is 0 Å². The maximum Gasteiger partial charge on any atom is 0.307 e. The summed E-state index contributed by atoms with van der Waals surface area (Å²) >= 11 is 0. The van der Waals surface area contributed by atoms with Gasteiger partial charge in [-0.25, -0.2) is 0 Å². The van der Waals surface area contributed by atoms with Gasteiger partial charge in [-0.2, -0.15) is 0 Å². The van der Waals surface area contributed by atoms with E-state index in [1.54, 1.807) is 24.3 Å². The molecule has 0 bridgehead atoms. The number of hydrogen-bond donors (Lipinski definition) is 2. The van der Waals surface area contributed by atoms with E-state index in [0.29, 0.717) is 17.9 Å². The Morgan fingerprint density at radius 3 is 2.36 bits per heavy atom. The van der Waals surface area contributed by atoms with Crippen molar-refractivity contribution in [2.45, 2.75) is 19.4 Å². The van der Waals surface area contributed by atoms with E-state index < -0.39 is 23.8 Å². The molecule has 148 valence electrons. The van der Waals surface area contributed by atoms with Gasteiger partial charge in [0.25, 0.3) is 5.91 Å². The highest BCUT2D eigenvalue weighted by molar-refractivity contribution is 5.98. The molecule has 0 aliphatic heterocycles. The van der Waals surface area contributed by atoms with Crippen LogP contribution in [0.5, 0.6) is 5.75 Å². The second-order valence-electron chi connectivity index (χ2n) is 5.92. The van der Waals surface area contributed by atoms with Crippen LogP contribution in [0.1, 0.15) is 35.3 Å². The summed E-state index contributed by atoms with van der Waals surface area (Å²) < 4.78 is 10.1. The van der Waals surface area contributed by atoms with Crippen LogP contribution in [0, 0.1) is 0 Å². The van der Waals surface area contributed by atoms with Gasteiger partial charge >= 0.3 is 5.97 Å². The quantitative estimate of drug-likeness (QED) is 0.647. The van der Waals surface area contributed by atoms with E-state index in [2.05, 4.69) is 10.6 Å². The maximum absolute atomic E-state index is 12.4. The number of hydrogen-bond acceptors (Lipinski definition) is 5. The van der Waals surface area contributed by atoms with Crippen LogP contribution in [0.3, 0.4) is 0 Å². The van der Waals surface area contributed by atoms with Gasteiger partial charge in [-0.3, -0.25) is 14.4 Å². The number of amides is 2. The molecule has 28 heavy (non-hydrogen) atoms. The lowest BCUT2D eigenvalue weighted by atomic mass is 10.0. The monoisotopic (exact) mass is 384 g/mol. The standard InChI is InChI=1S/C21H24N2O5/c1-3-28-18-12-8-7-11-16(18)21(26)22-14-19(24)23-17(13-20(25)27-2)15-9-5-4-6-10-15/h4-12,17H,3,13-14H2,1-2H3,(H,22,26)(H,23,24)/t17-/m1/s1. The Bertz CT molecular complexity index is 807. The summed E-state index contributed by atoms with van der Waals surface area (Å²) in [5.41, 5.74) is 1.13. The van der Waals surface area contributed by atoms with E-state index in [4.69, 9.17) is 9.47 Å². The number of rotatable bonds is 9. The smallest absolute Gasteiger partial charge is 0.307 e. The number of esters is 1. The van der Waals surface area contributed by atoms with Crippen LogP contribution in [0.15, 0.2) is 54.6 Å². The van der Waals surface area contributed by atoms with Crippen molar-refractivity contribution >= 4 is 17.8 Å². The number of ether oxygens (including phenoxy) is 2. The molecule has 0 saturated heterocycles. The van der Waals surface area contributed by atoms with Crippen LogP contribution in [-0.2, 0) is 14.3 Å². The molecular weight excluding hydrogens is 360 g/mol. The summed E-state index contributed by atoms with van der Waals surface area (Å²) in [5, 5.41) is 5.33. The van der Waals surface area contributed by atoms with Crippen LogP contribution in [0.4, 0.5) is 0 Å². The first kappa shape index (κ1) is 21.0. The molecule has 0 heterocycles. The predicted octanol–water partition coefficient (Wildman–Crippen LogP) is 2.24. The number of para-hydroxylation sites is 1. The average molecular weight is 384 g/mol. The molecule has 0 spiro atoms. The van der Waals surface area contributed by atoms with Crippen LogP contribution in [0.2, 0.25) is 0 Å². The zero-order valence-corrected chi connectivity index (χ0v) is 15.9. The fourth-order valence-corrected chi connectivity index (χ4v) is 2.62. The van der Waals surface area contributed by atoms with Gasteiger partial charge in [0.15, 0.2) is 0 Å². The Morgan fingerprint density at radius 1 is 1.00 bits per heavy atom. The van der Waals surface area contributed by atoms with Crippen molar-refractivity contribution < 1.29 is 23.9 Å². The largest absolute Gasteiger partial charge is 0.493 e. The van der Waals surface area contributed by atoms with Crippen LogP contribution < -0.4 is 15.4 Å². The maximum atomic E-state index is 12.4. The Hall–Kier alpha value is -3.35. The molecule has 0 aliphatic rings. The highest BCUT2D eigenvalue weighted by atomic mass is 16.5. The third-order valence-electron chi connectivity index (χ3n) is 3.98. The number of methoxy groups -OCH3 is 1. The predicted molar refractivity (Wildman–Crippen MR) is 104 cm³/mol. The molecule has 0 aromatic heterocycles. The minimum atomic E-state index is -0.547. The summed E-state index contributed by atoms with van der Waals surface area (Å²) in [6.07, 6.45) is -0.00657. The SMILES string of the molecule is CCOc1ccccc1C(=O)NCC(=O)N[C@H](CC(=O)OC)c1ccccc1. The first-order chi connectivity index (χ1) is 13.5. The van der Waals surface area contributed by atoms with Gasteiger partial charge in [-0.15, -0.1) is 0 Å². The van der Waals surface area contributed by atoms with E-state index in [-0.39, 0.29) is 13.0 Å². The van der Waals surface area contributed by atoms with E-state index in [9.17, 15) is 14.4 Å². The first-order valence-corrected chi connectivity index (χ1v) is 8.96. The Balaban J connectivity index is 1.99. The molecule has 0 saturated carbocycles. The third kappa shape index (κ3) is 6.12. The van der Waals surface area contributed by atoms with Crippen molar-refractivity contribution in [1.82, 2.24) is 10.6 Å². The molecule has 2 amide bonds. The summed E-state index contributed by atoms with van der Waals surface area (Å²) in [6, 6.07) is 15.4. The zero-order chi connectivity index (χ0) is 20.4.